The van der Waals surface area contributed by atoms with Crippen LogP contribution in [-0.4, -0.2) is 10.1 Å². The molecule has 12 heavy (non-hydrogen) atoms. The molecule has 0 aliphatic rings. The lowest BCUT2D eigenvalue weighted by Crippen LogP contribution is -1.78. The van der Waals surface area contributed by atoms with Gasteiger partial charge < -0.3 is 4.52 Å². The smallest absolute Gasteiger partial charge is 0.185 e. The molecule has 0 atom stereocenters. The number of hydrogen-bond donors (Lipinski definition) is 0. The quantitative estimate of drug-likeness (QED) is 0.674. The summed E-state index contributed by atoms with van der Waals surface area (Å²) in [6.07, 6.45) is 4.11. The van der Waals surface area contributed by atoms with Crippen molar-refractivity contribution in [2.24, 2.45) is 0 Å². The summed E-state index contributed by atoms with van der Waals surface area (Å²) >= 11 is 5.66. The van der Waals surface area contributed by atoms with Crippen LogP contribution in [0.15, 0.2) is 28.9 Å². The van der Waals surface area contributed by atoms with Gasteiger partial charge in [0.05, 0.1) is 5.02 Å². The Hall–Kier alpha value is -1.35. The molecule has 0 amide bonds. The van der Waals surface area contributed by atoms with Crippen LogP contribution in [0.1, 0.15) is 0 Å². The van der Waals surface area contributed by atoms with Gasteiger partial charge in [-0.05, 0) is 12.1 Å². The topological polar surface area (TPSA) is 38.9 Å². The van der Waals surface area contributed by atoms with Gasteiger partial charge in [0, 0.05) is 12.3 Å². The predicted molar refractivity (Wildman–Crippen MR) is 43.6 cm³/mol. The molecule has 0 spiro atoms. The van der Waals surface area contributed by atoms with Crippen molar-refractivity contribution in [2.45, 2.75) is 0 Å². The fraction of sp³-hybridized carbons (Fsp3) is 0. The summed E-state index contributed by atoms with van der Waals surface area (Å²) in [5.41, 5.74) is 0.702. The highest BCUT2D eigenvalue weighted by Gasteiger charge is 2.01. The van der Waals surface area contributed by atoms with Gasteiger partial charge >= 0.3 is 0 Å². The molecule has 4 heteroatoms. The first-order valence-corrected chi connectivity index (χ1v) is 3.69. The van der Waals surface area contributed by atoms with E-state index in [1.54, 1.807) is 24.4 Å². The highest BCUT2D eigenvalue weighted by molar-refractivity contribution is 6.30. The average Bonchev–Trinajstić information content (AvgIpc) is 2.58. The van der Waals surface area contributed by atoms with Crippen LogP contribution in [-0.2, 0) is 0 Å². The third-order valence-electron chi connectivity index (χ3n) is 1.37. The molecule has 3 nitrogen and oxygen atoms in total. The molecule has 0 aliphatic carbocycles. The number of hydrogen-bond acceptors (Lipinski definition) is 3. The van der Waals surface area contributed by atoms with Crippen molar-refractivity contribution in [3.8, 4) is 11.5 Å². The molecule has 0 aliphatic heterocycles. The molecule has 1 radical (unpaired) electrons. The molecular weight excluding hydrogens is 176 g/mol. The Bertz CT molecular complexity index is 355. The standard InChI is InChI=1S/C8H4ClN2O/c9-6-1-2-7(10-5-6)8-3-4-11-12-8/h1-3,5H. The van der Waals surface area contributed by atoms with Crippen molar-refractivity contribution in [3.05, 3.63) is 35.6 Å². The van der Waals surface area contributed by atoms with Gasteiger partial charge in [-0.15, -0.1) is 0 Å². The lowest BCUT2D eigenvalue weighted by Gasteiger charge is -1.92. The van der Waals surface area contributed by atoms with Crippen LogP contribution in [0, 0.1) is 6.20 Å². The van der Waals surface area contributed by atoms with E-state index in [0.29, 0.717) is 16.5 Å². The van der Waals surface area contributed by atoms with E-state index < -0.39 is 0 Å². The van der Waals surface area contributed by atoms with Gasteiger partial charge in [0.15, 0.2) is 5.76 Å². The Balaban J connectivity index is 2.43. The lowest BCUT2D eigenvalue weighted by molar-refractivity contribution is 0.429. The maximum atomic E-state index is 5.66. The van der Waals surface area contributed by atoms with Crippen LogP contribution in [0.25, 0.3) is 11.5 Å². The van der Waals surface area contributed by atoms with E-state index in [-0.39, 0.29) is 0 Å². The van der Waals surface area contributed by atoms with Gasteiger partial charge in [-0.25, -0.2) is 0 Å². The Morgan fingerprint density at radius 1 is 1.42 bits per heavy atom. The minimum atomic E-state index is 0.590. The number of halogens is 1. The van der Waals surface area contributed by atoms with E-state index in [2.05, 4.69) is 16.3 Å². The van der Waals surface area contributed by atoms with Crippen molar-refractivity contribution in [2.75, 3.05) is 0 Å². The van der Waals surface area contributed by atoms with Crippen molar-refractivity contribution < 1.29 is 4.52 Å². The summed E-state index contributed by atoms with van der Waals surface area (Å²) in [7, 11) is 0. The molecule has 0 bridgehead atoms. The number of aromatic nitrogens is 2. The second-order valence-electron chi connectivity index (χ2n) is 2.18. The van der Waals surface area contributed by atoms with Gasteiger partial charge in [0.2, 0.25) is 0 Å². The van der Waals surface area contributed by atoms with E-state index >= 15 is 0 Å². The molecule has 2 heterocycles. The zero-order valence-electron chi connectivity index (χ0n) is 5.99. The summed E-state index contributed by atoms with van der Waals surface area (Å²) in [5.74, 6) is 0.590. The monoisotopic (exact) mass is 179 g/mol. The normalized spacial score (nSPS) is 10.1. The van der Waals surface area contributed by atoms with Gasteiger partial charge in [-0.3, -0.25) is 4.98 Å². The first-order valence-electron chi connectivity index (χ1n) is 3.31. The fourth-order valence-corrected chi connectivity index (χ4v) is 0.941. The van der Waals surface area contributed by atoms with Crippen molar-refractivity contribution >= 4 is 11.6 Å². The Labute approximate surface area is 74.0 Å². The second-order valence-corrected chi connectivity index (χ2v) is 2.62. The summed E-state index contributed by atoms with van der Waals surface area (Å²) < 4.78 is 4.85. The highest BCUT2D eigenvalue weighted by atomic mass is 35.5. The fourth-order valence-electron chi connectivity index (χ4n) is 0.829. The Kier molecular flexibility index (Phi) is 1.80. The van der Waals surface area contributed by atoms with E-state index in [0.717, 1.165) is 0 Å². The molecule has 0 unspecified atom stereocenters. The molecule has 2 rings (SSSR count). The molecule has 0 aromatic carbocycles. The third kappa shape index (κ3) is 1.31. The van der Waals surface area contributed by atoms with E-state index in [4.69, 9.17) is 16.1 Å². The SMILES string of the molecule is Clc1ccc(-c2c[c]no2)nc1. The number of pyridine rings is 1. The first kappa shape index (κ1) is 7.31. The maximum Gasteiger partial charge on any atom is 0.185 e. The van der Waals surface area contributed by atoms with Crippen molar-refractivity contribution in [3.63, 3.8) is 0 Å². The third-order valence-corrected chi connectivity index (χ3v) is 1.60. The van der Waals surface area contributed by atoms with E-state index in [9.17, 15) is 0 Å². The van der Waals surface area contributed by atoms with Gasteiger partial charge in [0.25, 0.3) is 0 Å². The largest absolute Gasteiger partial charge is 0.354 e. The van der Waals surface area contributed by atoms with Crippen molar-refractivity contribution in [1.82, 2.24) is 10.1 Å². The molecule has 0 saturated heterocycles. The lowest BCUT2D eigenvalue weighted by atomic mass is 10.3. The van der Waals surface area contributed by atoms with Crippen LogP contribution in [0.4, 0.5) is 0 Å². The number of rotatable bonds is 1. The molecule has 0 saturated carbocycles. The molecule has 2 aromatic rings. The summed E-state index contributed by atoms with van der Waals surface area (Å²) in [5, 5.41) is 4.05. The first-order chi connectivity index (χ1) is 5.86. The maximum absolute atomic E-state index is 5.66. The van der Waals surface area contributed by atoms with Gasteiger partial charge in [0.1, 0.15) is 11.9 Å². The minimum absolute atomic E-state index is 0.590. The Morgan fingerprint density at radius 2 is 2.33 bits per heavy atom. The van der Waals surface area contributed by atoms with Crippen LogP contribution in [0.3, 0.4) is 0 Å². The second kappa shape index (κ2) is 2.95. The number of nitrogens with zero attached hydrogens (tertiary/aromatic N) is 2. The molecular formula is C8H4ClN2O. The van der Waals surface area contributed by atoms with Crippen LogP contribution in [0.2, 0.25) is 5.02 Å². The van der Waals surface area contributed by atoms with Gasteiger partial charge in [-0.1, -0.05) is 16.8 Å². The molecule has 0 N–H and O–H groups in total. The van der Waals surface area contributed by atoms with E-state index in [1.807, 2.05) is 0 Å². The summed E-state index contributed by atoms with van der Waals surface area (Å²) in [4.78, 5) is 4.04. The summed E-state index contributed by atoms with van der Waals surface area (Å²) in [6.45, 7) is 0. The van der Waals surface area contributed by atoms with Crippen molar-refractivity contribution in [1.29, 1.82) is 0 Å². The van der Waals surface area contributed by atoms with Gasteiger partial charge in [-0.2, -0.15) is 0 Å². The molecule has 0 fully saturated rings. The molecule has 2 aromatic heterocycles. The highest BCUT2D eigenvalue weighted by Crippen LogP contribution is 2.16. The molecule has 59 valence electrons. The van der Waals surface area contributed by atoms with E-state index in [1.165, 1.54) is 0 Å². The predicted octanol–water partition coefficient (Wildman–Crippen LogP) is 2.19. The van der Waals surface area contributed by atoms with Crippen LogP contribution < -0.4 is 0 Å². The summed E-state index contributed by atoms with van der Waals surface area (Å²) in [6, 6.07) is 5.12. The van der Waals surface area contributed by atoms with Crippen LogP contribution >= 0.6 is 11.6 Å². The average molecular weight is 180 g/mol. The minimum Gasteiger partial charge on any atom is -0.354 e. The zero-order valence-corrected chi connectivity index (χ0v) is 6.75. The Morgan fingerprint density at radius 3 is 2.92 bits per heavy atom. The zero-order chi connectivity index (χ0) is 8.39. The van der Waals surface area contributed by atoms with Crippen LogP contribution in [0.5, 0.6) is 0 Å².